The number of allylic oxidation sites excluding steroid dienone is 1. The molecule has 1 aliphatic rings. The third-order valence-electron chi connectivity index (χ3n) is 4.24. The van der Waals surface area contributed by atoms with Crippen LogP contribution in [0.25, 0.3) is 0 Å². The number of aliphatic imine (C=N–C) groups is 1. The Morgan fingerprint density at radius 3 is 2.48 bits per heavy atom. The van der Waals surface area contributed by atoms with E-state index in [9.17, 15) is 0 Å². The molecule has 0 amide bonds. The number of rotatable bonds is 6. The largest absolute Gasteiger partial charge is 0.372 e. The van der Waals surface area contributed by atoms with Crippen molar-refractivity contribution in [3.63, 3.8) is 0 Å². The summed E-state index contributed by atoms with van der Waals surface area (Å²) in [6.45, 7) is 11.5. The summed E-state index contributed by atoms with van der Waals surface area (Å²) in [5.74, 6) is 2.33. The molecular formula is C24H33BrN4. The Hall–Kier alpha value is -2.27. The van der Waals surface area contributed by atoms with E-state index in [-0.39, 0.29) is 6.17 Å². The molecule has 0 radical (unpaired) electrons. The molecule has 3 rings (SSSR count). The Morgan fingerprint density at radius 2 is 1.83 bits per heavy atom. The zero-order valence-electron chi connectivity index (χ0n) is 18.1. The zero-order valence-corrected chi connectivity index (χ0v) is 19.7. The van der Waals surface area contributed by atoms with Gasteiger partial charge in [0, 0.05) is 22.3 Å². The fraction of sp³-hybridized carbons (Fsp3) is 0.375. The Bertz CT molecular complexity index is 825. The number of benzene rings is 2. The lowest BCUT2D eigenvalue weighted by molar-refractivity contribution is 0.705. The molecule has 1 atom stereocenters. The van der Waals surface area contributed by atoms with Gasteiger partial charge in [-0.3, -0.25) is 0 Å². The third-order valence-corrected chi connectivity index (χ3v) is 4.77. The van der Waals surface area contributed by atoms with E-state index in [1.807, 2.05) is 38.1 Å². The highest BCUT2D eigenvalue weighted by atomic mass is 79.9. The molecule has 1 heterocycles. The SMILES string of the molecule is CC.CCCN/C(=C\C(C)C)NC1=NC(c2ccc(Br)cc2)Nc2ccccc21. The number of hydrogen-bond acceptors (Lipinski definition) is 4. The summed E-state index contributed by atoms with van der Waals surface area (Å²) in [4.78, 5) is 4.98. The lowest BCUT2D eigenvalue weighted by Gasteiger charge is -2.27. The number of para-hydroxylation sites is 1. The summed E-state index contributed by atoms with van der Waals surface area (Å²) in [7, 11) is 0. The van der Waals surface area contributed by atoms with E-state index in [0.717, 1.165) is 45.9 Å². The number of nitrogens with one attached hydrogen (secondary N) is 3. The summed E-state index contributed by atoms with van der Waals surface area (Å²) in [6.07, 6.45) is 3.16. The fourth-order valence-corrected chi connectivity index (χ4v) is 3.23. The molecule has 0 fully saturated rings. The van der Waals surface area contributed by atoms with Crippen LogP contribution in [0.4, 0.5) is 5.69 Å². The van der Waals surface area contributed by atoms with Gasteiger partial charge in [-0.25, -0.2) is 4.99 Å². The molecule has 0 aliphatic carbocycles. The minimum atomic E-state index is -0.123. The minimum absolute atomic E-state index is 0.123. The van der Waals surface area contributed by atoms with Gasteiger partial charge < -0.3 is 16.0 Å². The molecule has 0 bridgehead atoms. The van der Waals surface area contributed by atoms with Crippen molar-refractivity contribution in [1.82, 2.24) is 10.6 Å². The van der Waals surface area contributed by atoms with Crippen molar-refractivity contribution in [1.29, 1.82) is 0 Å². The summed E-state index contributed by atoms with van der Waals surface area (Å²) in [5.41, 5.74) is 3.30. The fourth-order valence-electron chi connectivity index (χ4n) is 2.96. The maximum Gasteiger partial charge on any atom is 0.147 e. The Kier molecular flexibility index (Phi) is 9.26. The molecular weight excluding hydrogens is 424 g/mol. The van der Waals surface area contributed by atoms with Gasteiger partial charge in [-0.2, -0.15) is 0 Å². The topological polar surface area (TPSA) is 48.5 Å². The molecule has 0 saturated carbocycles. The monoisotopic (exact) mass is 456 g/mol. The van der Waals surface area contributed by atoms with Crippen LogP contribution in [0.15, 0.2) is 69.9 Å². The Labute approximate surface area is 184 Å². The Morgan fingerprint density at radius 1 is 1.14 bits per heavy atom. The van der Waals surface area contributed by atoms with Crippen LogP contribution in [0.2, 0.25) is 0 Å². The van der Waals surface area contributed by atoms with Gasteiger partial charge >= 0.3 is 0 Å². The summed E-state index contributed by atoms with van der Waals surface area (Å²) in [5, 5.41) is 10.6. The lowest BCUT2D eigenvalue weighted by atomic mass is 10.1. The first kappa shape index (κ1) is 23.0. The van der Waals surface area contributed by atoms with E-state index in [0.29, 0.717) is 5.92 Å². The summed E-state index contributed by atoms with van der Waals surface area (Å²) in [6, 6.07) is 16.6. The molecule has 0 spiro atoms. The molecule has 1 aliphatic heterocycles. The van der Waals surface area contributed by atoms with Gasteiger partial charge in [-0.15, -0.1) is 0 Å². The van der Waals surface area contributed by atoms with Gasteiger partial charge in [0.2, 0.25) is 0 Å². The van der Waals surface area contributed by atoms with E-state index in [4.69, 9.17) is 4.99 Å². The van der Waals surface area contributed by atoms with Crippen molar-refractivity contribution in [2.75, 3.05) is 11.9 Å². The maximum atomic E-state index is 4.98. The second-order valence-corrected chi connectivity index (χ2v) is 7.91. The predicted molar refractivity (Wildman–Crippen MR) is 129 cm³/mol. The van der Waals surface area contributed by atoms with Crippen molar-refractivity contribution < 1.29 is 0 Å². The molecule has 5 heteroatoms. The van der Waals surface area contributed by atoms with Crippen molar-refractivity contribution in [2.24, 2.45) is 10.9 Å². The number of anilines is 1. The molecule has 0 saturated heterocycles. The zero-order chi connectivity index (χ0) is 21.2. The lowest BCUT2D eigenvalue weighted by Crippen LogP contribution is -2.36. The second-order valence-electron chi connectivity index (χ2n) is 7.00. The van der Waals surface area contributed by atoms with E-state index in [1.54, 1.807) is 0 Å². The van der Waals surface area contributed by atoms with Gasteiger partial charge in [-0.05, 0) is 48.2 Å². The van der Waals surface area contributed by atoms with Crippen LogP contribution in [0.5, 0.6) is 0 Å². The highest BCUT2D eigenvalue weighted by molar-refractivity contribution is 9.10. The standard InChI is InChI=1S/C22H27BrN4.C2H6/c1-4-13-24-20(14-15(2)3)26-22-18-7-5-6-8-19(18)25-21(27-22)16-9-11-17(23)12-10-16;1-2/h5-12,14-15,21,24-25H,4,13H2,1-3H3,(H,26,27);1-2H3/b20-14+;. The van der Waals surface area contributed by atoms with E-state index >= 15 is 0 Å². The first-order valence-electron chi connectivity index (χ1n) is 10.5. The normalized spacial score (nSPS) is 15.5. The molecule has 1 unspecified atom stereocenters. The average molecular weight is 457 g/mol. The van der Waals surface area contributed by atoms with Gasteiger partial charge in [-0.1, -0.05) is 74.8 Å². The van der Waals surface area contributed by atoms with E-state index in [2.05, 4.69) is 83.0 Å². The highest BCUT2D eigenvalue weighted by Gasteiger charge is 2.21. The van der Waals surface area contributed by atoms with Crippen molar-refractivity contribution in [2.45, 2.75) is 47.2 Å². The molecule has 2 aromatic rings. The average Bonchev–Trinajstić information content (AvgIpc) is 2.73. The van der Waals surface area contributed by atoms with E-state index < -0.39 is 0 Å². The van der Waals surface area contributed by atoms with Gasteiger partial charge in [0.15, 0.2) is 0 Å². The van der Waals surface area contributed by atoms with Crippen LogP contribution in [-0.2, 0) is 0 Å². The molecule has 0 aromatic heterocycles. The number of hydrogen-bond donors (Lipinski definition) is 3. The predicted octanol–water partition coefficient (Wildman–Crippen LogP) is 6.43. The molecule has 156 valence electrons. The second kappa shape index (κ2) is 11.7. The molecule has 2 aromatic carbocycles. The van der Waals surface area contributed by atoms with Crippen molar-refractivity contribution in [3.8, 4) is 0 Å². The van der Waals surface area contributed by atoms with Crippen LogP contribution in [-0.4, -0.2) is 12.4 Å². The van der Waals surface area contributed by atoms with Gasteiger partial charge in [0.1, 0.15) is 17.8 Å². The number of nitrogens with zero attached hydrogens (tertiary/aromatic N) is 1. The quantitative estimate of drug-likeness (QED) is 0.468. The van der Waals surface area contributed by atoms with Crippen LogP contribution in [0, 0.1) is 5.92 Å². The first-order valence-corrected chi connectivity index (χ1v) is 11.3. The van der Waals surface area contributed by atoms with E-state index in [1.165, 1.54) is 0 Å². The number of halogens is 1. The summed E-state index contributed by atoms with van der Waals surface area (Å²) < 4.78 is 1.07. The number of fused-ring (bicyclic) bond motifs is 1. The Balaban J connectivity index is 0.00000145. The summed E-state index contributed by atoms with van der Waals surface area (Å²) >= 11 is 3.50. The molecule has 3 N–H and O–H groups in total. The van der Waals surface area contributed by atoms with Crippen molar-refractivity contribution >= 4 is 27.5 Å². The smallest absolute Gasteiger partial charge is 0.147 e. The first-order chi connectivity index (χ1) is 14.1. The maximum absolute atomic E-state index is 4.98. The third kappa shape index (κ3) is 6.64. The van der Waals surface area contributed by atoms with Crippen molar-refractivity contribution in [3.05, 3.63) is 76.0 Å². The molecule has 29 heavy (non-hydrogen) atoms. The van der Waals surface area contributed by atoms with Crippen LogP contribution in [0.3, 0.4) is 0 Å². The minimum Gasteiger partial charge on any atom is -0.372 e. The van der Waals surface area contributed by atoms with Gasteiger partial charge in [0.05, 0.1) is 0 Å². The van der Waals surface area contributed by atoms with Crippen LogP contribution >= 0.6 is 15.9 Å². The van der Waals surface area contributed by atoms with Gasteiger partial charge in [0.25, 0.3) is 0 Å². The highest BCUT2D eigenvalue weighted by Crippen LogP contribution is 2.30. The number of amidine groups is 1. The van der Waals surface area contributed by atoms with Crippen LogP contribution in [0.1, 0.15) is 58.3 Å². The van der Waals surface area contributed by atoms with Crippen LogP contribution < -0.4 is 16.0 Å². The molecule has 4 nitrogen and oxygen atoms in total.